The van der Waals surface area contributed by atoms with Gasteiger partial charge in [0, 0.05) is 0 Å². The van der Waals surface area contributed by atoms with Gasteiger partial charge in [-0.05, 0) is 25.0 Å². The second-order valence-electron chi connectivity index (χ2n) is 4.44. The summed E-state index contributed by atoms with van der Waals surface area (Å²) in [7, 11) is 0. The fraction of sp³-hybridized carbons (Fsp3) is 0.333. The van der Waals surface area contributed by atoms with Crippen LogP contribution in [0, 0.1) is 5.41 Å². The molecule has 1 aliphatic carbocycles. The van der Waals surface area contributed by atoms with Gasteiger partial charge in [-0.1, -0.05) is 12.1 Å². The van der Waals surface area contributed by atoms with E-state index >= 15 is 0 Å². The Hall–Kier alpha value is -2.04. The zero-order valence-corrected chi connectivity index (χ0v) is 8.97. The number of amides is 1. The van der Waals surface area contributed by atoms with Crippen LogP contribution in [0.3, 0.4) is 0 Å². The Balaban J connectivity index is 1.95. The minimum Gasteiger partial charge on any atom is -0.481 e. The van der Waals surface area contributed by atoms with Gasteiger partial charge in [0.1, 0.15) is 11.2 Å². The molecule has 0 bridgehead atoms. The summed E-state index contributed by atoms with van der Waals surface area (Å²) in [5.41, 5.74) is -0.438. The molecule has 5 heteroatoms. The summed E-state index contributed by atoms with van der Waals surface area (Å²) in [6.07, 6.45) is 0.0560. The van der Waals surface area contributed by atoms with Crippen LogP contribution in [0.4, 0.5) is 5.69 Å². The maximum Gasteiger partial charge on any atom is 0.313 e. The first-order valence-electron chi connectivity index (χ1n) is 5.43. The first kappa shape index (κ1) is 10.1. The third-order valence-corrected chi connectivity index (χ3v) is 3.34. The van der Waals surface area contributed by atoms with Crippen molar-refractivity contribution in [1.82, 2.24) is 0 Å². The Labute approximate surface area is 97.4 Å². The predicted molar refractivity (Wildman–Crippen MR) is 58.8 cm³/mol. The van der Waals surface area contributed by atoms with Gasteiger partial charge in [-0.15, -0.1) is 0 Å². The average molecular weight is 233 g/mol. The van der Waals surface area contributed by atoms with Crippen LogP contribution in [0.1, 0.15) is 12.8 Å². The fourth-order valence-electron chi connectivity index (χ4n) is 2.14. The molecule has 17 heavy (non-hydrogen) atoms. The van der Waals surface area contributed by atoms with Crippen LogP contribution in [-0.4, -0.2) is 23.1 Å². The molecule has 0 saturated heterocycles. The van der Waals surface area contributed by atoms with Crippen LogP contribution in [0.15, 0.2) is 24.3 Å². The number of nitrogens with one attached hydrogen (secondary N) is 1. The molecule has 1 fully saturated rings. The van der Waals surface area contributed by atoms with Crippen LogP contribution in [-0.2, 0) is 9.59 Å². The number of carboxylic acids is 1. The quantitative estimate of drug-likeness (QED) is 0.806. The van der Waals surface area contributed by atoms with E-state index in [-0.39, 0.29) is 5.91 Å². The van der Waals surface area contributed by atoms with Gasteiger partial charge in [-0.3, -0.25) is 9.59 Å². The normalized spacial score (nSPS) is 24.2. The molecule has 0 radical (unpaired) electrons. The molecule has 1 heterocycles. The number of benzene rings is 1. The van der Waals surface area contributed by atoms with Gasteiger partial charge in [-0.25, -0.2) is 0 Å². The van der Waals surface area contributed by atoms with Crippen molar-refractivity contribution in [2.24, 2.45) is 5.41 Å². The lowest BCUT2D eigenvalue weighted by molar-refractivity contribution is -0.151. The number of hydrogen-bond donors (Lipinski definition) is 2. The molecule has 1 unspecified atom stereocenters. The number of aliphatic carboxylic acids is 1. The Morgan fingerprint density at radius 1 is 1.41 bits per heavy atom. The van der Waals surface area contributed by atoms with E-state index in [1.807, 2.05) is 0 Å². The van der Waals surface area contributed by atoms with E-state index in [4.69, 9.17) is 9.84 Å². The standard InChI is InChI=1S/C12H11NO4/c14-10-9(12(5-6-12)11(15)16)17-8-4-2-1-3-7(8)13-10/h1-4,9H,5-6H2,(H,13,14)(H,15,16). The van der Waals surface area contributed by atoms with E-state index in [1.54, 1.807) is 24.3 Å². The number of fused-ring (bicyclic) bond motifs is 1. The Bertz CT molecular complexity index is 507. The predicted octanol–water partition coefficient (Wildman–Crippen LogP) is 1.25. The molecule has 1 aliphatic heterocycles. The van der Waals surface area contributed by atoms with E-state index in [9.17, 15) is 9.59 Å². The van der Waals surface area contributed by atoms with Crippen molar-refractivity contribution in [1.29, 1.82) is 0 Å². The highest BCUT2D eigenvalue weighted by Crippen LogP contribution is 2.52. The maximum absolute atomic E-state index is 11.8. The molecular formula is C12H11NO4. The first-order chi connectivity index (χ1) is 8.13. The highest BCUT2D eigenvalue weighted by molar-refractivity contribution is 6.01. The molecule has 1 atom stereocenters. The van der Waals surface area contributed by atoms with E-state index in [0.29, 0.717) is 24.3 Å². The highest BCUT2D eigenvalue weighted by Gasteiger charge is 2.61. The third kappa shape index (κ3) is 1.39. The molecule has 3 rings (SSSR count). The Kier molecular flexibility index (Phi) is 1.92. The maximum atomic E-state index is 11.8. The molecule has 0 aromatic heterocycles. The van der Waals surface area contributed by atoms with Gasteiger partial charge >= 0.3 is 5.97 Å². The van der Waals surface area contributed by atoms with Crippen LogP contribution in [0.5, 0.6) is 5.75 Å². The lowest BCUT2D eigenvalue weighted by atomic mass is 9.97. The van der Waals surface area contributed by atoms with Crippen molar-refractivity contribution < 1.29 is 19.4 Å². The van der Waals surface area contributed by atoms with E-state index in [2.05, 4.69) is 5.32 Å². The molecule has 5 nitrogen and oxygen atoms in total. The van der Waals surface area contributed by atoms with Crippen LogP contribution in [0.2, 0.25) is 0 Å². The monoisotopic (exact) mass is 233 g/mol. The van der Waals surface area contributed by atoms with Gasteiger partial charge in [0.15, 0.2) is 6.10 Å². The molecule has 0 spiro atoms. The summed E-state index contributed by atoms with van der Waals surface area (Å²) in [5.74, 6) is -0.801. The summed E-state index contributed by atoms with van der Waals surface area (Å²) in [6, 6.07) is 7.02. The van der Waals surface area contributed by atoms with Gasteiger partial charge < -0.3 is 15.2 Å². The zero-order chi connectivity index (χ0) is 12.0. The van der Waals surface area contributed by atoms with E-state index in [0.717, 1.165) is 0 Å². The number of ether oxygens (including phenoxy) is 1. The Morgan fingerprint density at radius 3 is 2.76 bits per heavy atom. The topological polar surface area (TPSA) is 75.6 Å². The average Bonchev–Trinajstić information content (AvgIpc) is 3.09. The molecule has 1 saturated carbocycles. The SMILES string of the molecule is O=C1Nc2ccccc2OC1C1(C(=O)O)CC1. The van der Waals surface area contributed by atoms with Crippen molar-refractivity contribution in [2.45, 2.75) is 18.9 Å². The van der Waals surface area contributed by atoms with E-state index < -0.39 is 17.5 Å². The lowest BCUT2D eigenvalue weighted by Gasteiger charge is -2.29. The molecule has 2 aliphatic rings. The number of anilines is 1. The first-order valence-corrected chi connectivity index (χ1v) is 5.43. The van der Waals surface area contributed by atoms with Crippen LogP contribution >= 0.6 is 0 Å². The third-order valence-electron chi connectivity index (χ3n) is 3.34. The van der Waals surface area contributed by atoms with Crippen LogP contribution in [0.25, 0.3) is 0 Å². The molecule has 88 valence electrons. The zero-order valence-electron chi connectivity index (χ0n) is 8.97. The van der Waals surface area contributed by atoms with Crippen LogP contribution < -0.4 is 10.1 Å². The summed E-state index contributed by atoms with van der Waals surface area (Å²) in [5, 5.41) is 11.8. The summed E-state index contributed by atoms with van der Waals surface area (Å²) < 4.78 is 5.54. The van der Waals surface area contributed by atoms with Crippen molar-refractivity contribution >= 4 is 17.6 Å². The van der Waals surface area contributed by atoms with Crippen molar-refractivity contribution in [3.05, 3.63) is 24.3 Å². The lowest BCUT2D eigenvalue weighted by Crippen LogP contribution is -2.46. The summed E-state index contributed by atoms with van der Waals surface area (Å²) in [6.45, 7) is 0. The summed E-state index contributed by atoms with van der Waals surface area (Å²) >= 11 is 0. The van der Waals surface area contributed by atoms with Crippen molar-refractivity contribution in [3.63, 3.8) is 0 Å². The molecule has 1 aromatic carbocycles. The number of carbonyl (C=O) groups is 2. The fourth-order valence-corrected chi connectivity index (χ4v) is 2.14. The smallest absolute Gasteiger partial charge is 0.313 e. The molecular weight excluding hydrogens is 222 g/mol. The van der Waals surface area contributed by atoms with Gasteiger partial charge in [0.05, 0.1) is 5.69 Å². The molecule has 1 amide bonds. The summed E-state index contributed by atoms with van der Waals surface area (Å²) in [4.78, 5) is 23.0. The van der Waals surface area contributed by atoms with E-state index in [1.165, 1.54) is 0 Å². The second kappa shape index (κ2) is 3.23. The van der Waals surface area contributed by atoms with Gasteiger partial charge in [0.25, 0.3) is 5.91 Å². The number of carbonyl (C=O) groups excluding carboxylic acids is 1. The minimum atomic E-state index is -1.03. The second-order valence-corrected chi connectivity index (χ2v) is 4.44. The molecule has 1 aromatic rings. The largest absolute Gasteiger partial charge is 0.481 e. The minimum absolute atomic E-state index is 0.372. The Morgan fingerprint density at radius 2 is 2.12 bits per heavy atom. The number of hydrogen-bond acceptors (Lipinski definition) is 3. The number of rotatable bonds is 2. The van der Waals surface area contributed by atoms with Gasteiger partial charge in [0.2, 0.25) is 0 Å². The number of para-hydroxylation sites is 2. The van der Waals surface area contributed by atoms with Crippen molar-refractivity contribution in [2.75, 3.05) is 5.32 Å². The highest BCUT2D eigenvalue weighted by atomic mass is 16.5. The van der Waals surface area contributed by atoms with Crippen molar-refractivity contribution in [3.8, 4) is 5.75 Å². The number of carboxylic acid groups (broad SMARTS) is 1. The molecule has 2 N–H and O–H groups in total. The van der Waals surface area contributed by atoms with Gasteiger partial charge in [-0.2, -0.15) is 0 Å².